The van der Waals surface area contributed by atoms with Crippen LogP contribution in [0.15, 0.2) is 29.1 Å². The maximum Gasteiger partial charge on any atom is 0.253 e. The minimum absolute atomic E-state index is 0.0971. The number of hydrogen-bond acceptors (Lipinski definition) is 3. The Balaban J connectivity index is 2.13. The smallest absolute Gasteiger partial charge is 0.253 e. The highest BCUT2D eigenvalue weighted by molar-refractivity contribution is 9.10. The van der Waals surface area contributed by atoms with Crippen molar-refractivity contribution >= 4 is 21.8 Å². The van der Waals surface area contributed by atoms with E-state index < -0.39 is 0 Å². The van der Waals surface area contributed by atoms with E-state index in [-0.39, 0.29) is 11.9 Å². The summed E-state index contributed by atoms with van der Waals surface area (Å²) in [7, 11) is 1.88. The van der Waals surface area contributed by atoms with Gasteiger partial charge >= 0.3 is 0 Å². The number of nitrogens with one attached hydrogen (secondary N) is 1. The molecule has 2 rings (SSSR count). The van der Waals surface area contributed by atoms with Crippen LogP contribution in [0.1, 0.15) is 34.6 Å². The van der Waals surface area contributed by atoms with Gasteiger partial charge < -0.3 is 5.32 Å². The molecule has 19 heavy (non-hydrogen) atoms. The predicted octanol–water partition coefficient (Wildman–Crippen LogP) is 2.38. The highest BCUT2D eigenvalue weighted by Gasteiger charge is 2.15. The van der Waals surface area contributed by atoms with Crippen LogP contribution in [0.4, 0.5) is 0 Å². The molecule has 5 nitrogen and oxygen atoms in total. The Morgan fingerprint density at radius 3 is 2.74 bits per heavy atom. The summed E-state index contributed by atoms with van der Waals surface area (Å²) in [5.41, 5.74) is 2.58. The highest BCUT2D eigenvalue weighted by atomic mass is 79.9. The fourth-order valence-corrected chi connectivity index (χ4v) is 2.20. The van der Waals surface area contributed by atoms with E-state index in [1.807, 2.05) is 20.9 Å². The number of amides is 1. The molecule has 2 aromatic heterocycles. The quantitative estimate of drug-likeness (QED) is 0.943. The lowest BCUT2D eigenvalue weighted by Crippen LogP contribution is -2.27. The molecule has 0 aliphatic heterocycles. The first-order valence-electron chi connectivity index (χ1n) is 5.89. The maximum atomic E-state index is 12.1. The summed E-state index contributed by atoms with van der Waals surface area (Å²) < 4.78 is 2.57. The van der Waals surface area contributed by atoms with Gasteiger partial charge in [0.25, 0.3) is 5.91 Å². The number of aromatic nitrogens is 3. The first kappa shape index (κ1) is 13.7. The van der Waals surface area contributed by atoms with Crippen LogP contribution in [-0.4, -0.2) is 20.7 Å². The van der Waals surface area contributed by atoms with Crippen molar-refractivity contribution < 1.29 is 4.79 Å². The van der Waals surface area contributed by atoms with Gasteiger partial charge in [0.05, 0.1) is 17.8 Å². The average Bonchev–Trinajstić information content (AvgIpc) is 2.70. The minimum atomic E-state index is -0.149. The molecule has 0 unspecified atom stereocenters. The van der Waals surface area contributed by atoms with E-state index in [0.29, 0.717) is 5.56 Å². The van der Waals surface area contributed by atoms with Crippen molar-refractivity contribution in [3.8, 4) is 0 Å². The summed E-state index contributed by atoms with van der Waals surface area (Å²) in [5.74, 6) is -0.149. The zero-order valence-corrected chi connectivity index (χ0v) is 12.6. The molecule has 0 aliphatic rings. The lowest BCUT2D eigenvalue weighted by Gasteiger charge is -2.13. The lowest BCUT2D eigenvalue weighted by atomic mass is 10.1. The van der Waals surface area contributed by atoms with Crippen molar-refractivity contribution in [3.05, 3.63) is 46.0 Å². The normalized spacial score (nSPS) is 12.2. The van der Waals surface area contributed by atoms with Gasteiger partial charge in [0.2, 0.25) is 0 Å². The highest BCUT2D eigenvalue weighted by Crippen LogP contribution is 2.17. The lowest BCUT2D eigenvalue weighted by molar-refractivity contribution is 0.0939. The third-order valence-corrected chi connectivity index (χ3v) is 3.49. The SMILES string of the molecule is Cc1c([C@@H](C)NC(=O)c2cncc(Br)c2)cnn1C. The zero-order valence-electron chi connectivity index (χ0n) is 11.0. The van der Waals surface area contributed by atoms with Crippen molar-refractivity contribution in [1.82, 2.24) is 20.1 Å². The van der Waals surface area contributed by atoms with E-state index >= 15 is 0 Å². The Morgan fingerprint density at radius 1 is 1.42 bits per heavy atom. The number of rotatable bonds is 3. The zero-order chi connectivity index (χ0) is 14.0. The van der Waals surface area contributed by atoms with Gasteiger partial charge in [-0.05, 0) is 35.8 Å². The van der Waals surface area contributed by atoms with E-state index in [1.165, 1.54) is 0 Å². The second-order valence-corrected chi connectivity index (χ2v) is 5.31. The standard InChI is InChI=1S/C13H15BrN4O/c1-8(12-7-16-18(3)9(12)2)17-13(19)10-4-11(14)6-15-5-10/h4-8H,1-3H3,(H,17,19)/t8-/m1/s1. The third-order valence-electron chi connectivity index (χ3n) is 3.05. The summed E-state index contributed by atoms with van der Waals surface area (Å²) in [6.45, 7) is 3.92. The summed E-state index contributed by atoms with van der Waals surface area (Å²) in [4.78, 5) is 16.1. The molecule has 6 heteroatoms. The van der Waals surface area contributed by atoms with Gasteiger partial charge in [-0.1, -0.05) is 0 Å². The van der Waals surface area contributed by atoms with Gasteiger partial charge in [-0.15, -0.1) is 0 Å². The summed E-state index contributed by atoms with van der Waals surface area (Å²) >= 11 is 3.30. The Bertz CT molecular complexity index is 608. The van der Waals surface area contributed by atoms with Crippen LogP contribution in [0, 0.1) is 6.92 Å². The first-order chi connectivity index (χ1) is 8.99. The van der Waals surface area contributed by atoms with Gasteiger partial charge in [-0.2, -0.15) is 5.10 Å². The molecule has 1 atom stereocenters. The molecule has 2 aromatic rings. The van der Waals surface area contributed by atoms with Crippen molar-refractivity contribution in [2.45, 2.75) is 19.9 Å². The number of aryl methyl sites for hydroxylation is 1. The van der Waals surface area contributed by atoms with Gasteiger partial charge in [-0.25, -0.2) is 0 Å². The summed E-state index contributed by atoms with van der Waals surface area (Å²) in [6, 6.07) is 1.64. The molecule has 0 aromatic carbocycles. The Labute approximate surface area is 120 Å². The number of hydrogen-bond donors (Lipinski definition) is 1. The van der Waals surface area contributed by atoms with Crippen molar-refractivity contribution in [2.75, 3.05) is 0 Å². The molecule has 0 spiro atoms. The average molecular weight is 323 g/mol. The van der Waals surface area contributed by atoms with Crippen LogP contribution >= 0.6 is 15.9 Å². The number of pyridine rings is 1. The van der Waals surface area contributed by atoms with Crippen molar-refractivity contribution in [3.63, 3.8) is 0 Å². The monoisotopic (exact) mass is 322 g/mol. The first-order valence-corrected chi connectivity index (χ1v) is 6.68. The molecule has 0 aliphatic carbocycles. The topological polar surface area (TPSA) is 59.8 Å². The van der Waals surface area contributed by atoms with Crippen LogP contribution in [0.2, 0.25) is 0 Å². The van der Waals surface area contributed by atoms with Crippen LogP contribution in [0.25, 0.3) is 0 Å². The summed E-state index contributed by atoms with van der Waals surface area (Å²) in [5, 5.41) is 7.12. The van der Waals surface area contributed by atoms with Gasteiger partial charge in [0.15, 0.2) is 0 Å². The molecule has 1 N–H and O–H groups in total. The fourth-order valence-electron chi connectivity index (χ4n) is 1.83. The number of carbonyl (C=O) groups excluding carboxylic acids is 1. The van der Waals surface area contributed by atoms with Crippen molar-refractivity contribution in [2.24, 2.45) is 7.05 Å². The number of halogens is 1. The number of carbonyl (C=O) groups is 1. The van der Waals surface area contributed by atoms with Gasteiger partial charge in [0, 0.05) is 35.2 Å². The summed E-state index contributed by atoms with van der Waals surface area (Å²) in [6.07, 6.45) is 4.97. The second kappa shape index (κ2) is 5.52. The third kappa shape index (κ3) is 3.01. The van der Waals surface area contributed by atoms with Crippen LogP contribution in [0.3, 0.4) is 0 Å². The van der Waals surface area contributed by atoms with E-state index in [0.717, 1.165) is 15.7 Å². The largest absolute Gasteiger partial charge is 0.345 e. The predicted molar refractivity (Wildman–Crippen MR) is 75.8 cm³/mol. The van der Waals surface area contributed by atoms with E-state index in [2.05, 4.69) is 31.3 Å². The Kier molecular flexibility index (Phi) is 3.99. The van der Waals surface area contributed by atoms with Crippen LogP contribution < -0.4 is 5.32 Å². The van der Waals surface area contributed by atoms with Gasteiger partial charge in [0.1, 0.15) is 0 Å². The van der Waals surface area contributed by atoms with E-state index in [9.17, 15) is 4.79 Å². The molecule has 0 saturated heterocycles. The fraction of sp³-hybridized carbons (Fsp3) is 0.308. The molecule has 2 heterocycles. The Morgan fingerprint density at radius 2 is 2.16 bits per heavy atom. The van der Waals surface area contributed by atoms with Crippen molar-refractivity contribution in [1.29, 1.82) is 0 Å². The molecule has 0 saturated carbocycles. The molecular formula is C13H15BrN4O. The van der Waals surface area contributed by atoms with E-state index in [4.69, 9.17) is 0 Å². The molecular weight excluding hydrogens is 308 g/mol. The molecule has 0 radical (unpaired) electrons. The Hall–Kier alpha value is -1.69. The van der Waals surface area contributed by atoms with Crippen LogP contribution in [-0.2, 0) is 7.05 Å². The molecule has 100 valence electrons. The minimum Gasteiger partial charge on any atom is -0.345 e. The van der Waals surface area contributed by atoms with Gasteiger partial charge in [-0.3, -0.25) is 14.5 Å². The second-order valence-electron chi connectivity index (χ2n) is 4.40. The molecule has 0 fully saturated rings. The number of nitrogens with zero attached hydrogens (tertiary/aromatic N) is 3. The van der Waals surface area contributed by atoms with E-state index in [1.54, 1.807) is 29.3 Å². The molecule has 1 amide bonds. The maximum absolute atomic E-state index is 12.1. The van der Waals surface area contributed by atoms with Crippen LogP contribution in [0.5, 0.6) is 0 Å². The molecule has 0 bridgehead atoms.